The Kier molecular flexibility index (Phi) is 3.37. The highest BCUT2D eigenvalue weighted by Gasteiger charge is 2.14. The van der Waals surface area contributed by atoms with Gasteiger partial charge in [-0.3, -0.25) is 10.2 Å². The highest BCUT2D eigenvalue weighted by Crippen LogP contribution is 2.24. The number of rotatable bonds is 3. The van der Waals surface area contributed by atoms with E-state index in [4.69, 9.17) is 5.84 Å². The predicted octanol–water partition coefficient (Wildman–Crippen LogP) is 1.83. The molecular formula is C15H13FN4O. The average molecular weight is 284 g/mol. The summed E-state index contributed by atoms with van der Waals surface area (Å²) in [6.45, 7) is 0.0454. The Morgan fingerprint density at radius 3 is 2.62 bits per heavy atom. The number of para-hydroxylation sites is 2. The molecule has 0 aliphatic heterocycles. The Labute approximate surface area is 120 Å². The van der Waals surface area contributed by atoms with E-state index in [0.29, 0.717) is 5.82 Å². The Morgan fingerprint density at radius 1 is 1.19 bits per heavy atom. The number of carbonyl (C=O) groups is 1. The number of hydrogen-bond acceptors (Lipinski definition) is 3. The third-order valence-electron chi connectivity index (χ3n) is 3.22. The van der Waals surface area contributed by atoms with Crippen molar-refractivity contribution in [3.63, 3.8) is 0 Å². The van der Waals surface area contributed by atoms with Gasteiger partial charge in [0.2, 0.25) is 0 Å². The highest BCUT2D eigenvalue weighted by molar-refractivity contribution is 5.84. The summed E-state index contributed by atoms with van der Waals surface area (Å²) < 4.78 is 14.8. The normalized spacial score (nSPS) is 10.8. The number of fused-ring (bicyclic) bond motifs is 1. The molecule has 1 aromatic heterocycles. The van der Waals surface area contributed by atoms with Gasteiger partial charge in [-0.15, -0.1) is 0 Å². The van der Waals surface area contributed by atoms with Crippen molar-refractivity contribution in [1.82, 2.24) is 15.0 Å². The molecule has 0 saturated carbocycles. The van der Waals surface area contributed by atoms with Gasteiger partial charge in [-0.1, -0.05) is 12.1 Å². The molecule has 0 spiro atoms. The Hall–Kier alpha value is -2.73. The lowest BCUT2D eigenvalue weighted by atomic mass is 10.2. The maximum Gasteiger partial charge on any atom is 0.253 e. The van der Waals surface area contributed by atoms with Crippen LogP contribution in [0, 0.1) is 5.82 Å². The minimum Gasteiger partial charge on any atom is -0.314 e. The van der Waals surface area contributed by atoms with Gasteiger partial charge in [0.15, 0.2) is 0 Å². The zero-order valence-electron chi connectivity index (χ0n) is 11.1. The van der Waals surface area contributed by atoms with E-state index in [9.17, 15) is 9.18 Å². The number of hydrogen-bond donors (Lipinski definition) is 2. The van der Waals surface area contributed by atoms with Crippen LogP contribution in [0.4, 0.5) is 4.39 Å². The molecule has 3 aromatic rings. The molecule has 21 heavy (non-hydrogen) atoms. The standard InChI is InChI=1S/C15H13FN4O/c16-11-7-5-10(6-8-11)15-18-12-3-1-2-4-13(12)20(15)9-14(21)19-17/h1-8H,9,17H2,(H,19,21). The summed E-state index contributed by atoms with van der Waals surface area (Å²) >= 11 is 0. The van der Waals surface area contributed by atoms with Gasteiger partial charge in [0.05, 0.1) is 11.0 Å². The largest absolute Gasteiger partial charge is 0.314 e. The molecule has 0 aliphatic rings. The molecule has 0 unspecified atom stereocenters. The molecule has 0 fully saturated rings. The van der Waals surface area contributed by atoms with Gasteiger partial charge >= 0.3 is 0 Å². The van der Waals surface area contributed by atoms with Crippen molar-refractivity contribution in [2.24, 2.45) is 5.84 Å². The van der Waals surface area contributed by atoms with E-state index in [-0.39, 0.29) is 18.3 Å². The molecule has 0 saturated heterocycles. The fourth-order valence-corrected chi connectivity index (χ4v) is 2.24. The molecule has 0 radical (unpaired) electrons. The second-order valence-corrected chi connectivity index (χ2v) is 4.58. The van der Waals surface area contributed by atoms with Gasteiger partial charge in [0, 0.05) is 5.56 Å². The number of nitrogens with zero attached hydrogens (tertiary/aromatic N) is 2. The SMILES string of the molecule is NNC(=O)Cn1c(-c2ccc(F)cc2)nc2ccccc21. The third kappa shape index (κ3) is 2.48. The summed E-state index contributed by atoms with van der Waals surface area (Å²) in [5.74, 6) is 5.11. The highest BCUT2D eigenvalue weighted by atomic mass is 19.1. The van der Waals surface area contributed by atoms with E-state index in [1.54, 1.807) is 16.7 Å². The van der Waals surface area contributed by atoms with Crippen LogP contribution in [0.25, 0.3) is 22.4 Å². The summed E-state index contributed by atoms with van der Waals surface area (Å²) in [4.78, 5) is 16.1. The van der Waals surface area contributed by atoms with Gasteiger partial charge in [0.25, 0.3) is 5.91 Å². The van der Waals surface area contributed by atoms with Gasteiger partial charge in [-0.05, 0) is 36.4 Å². The fraction of sp³-hybridized carbons (Fsp3) is 0.0667. The molecule has 3 rings (SSSR count). The number of halogens is 1. The number of nitrogens with one attached hydrogen (secondary N) is 1. The maximum absolute atomic E-state index is 13.1. The molecule has 1 amide bonds. The average Bonchev–Trinajstić information content (AvgIpc) is 2.87. The molecule has 0 atom stereocenters. The molecule has 0 aliphatic carbocycles. The van der Waals surface area contributed by atoms with Crippen LogP contribution in [0.2, 0.25) is 0 Å². The number of aromatic nitrogens is 2. The predicted molar refractivity (Wildman–Crippen MR) is 77.5 cm³/mol. The van der Waals surface area contributed by atoms with Crippen molar-refractivity contribution >= 4 is 16.9 Å². The second-order valence-electron chi connectivity index (χ2n) is 4.58. The summed E-state index contributed by atoms with van der Waals surface area (Å²) in [5, 5.41) is 0. The lowest BCUT2D eigenvalue weighted by Gasteiger charge is -2.08. The molecule has 2 aromatic carbocycles. The summed E-state index contributed by atoms with van der Waals surface area (Å²) in [6, 6.07) is 13.5. The lowest BCUT2D eigenvalue weighted by Crippen LogP contribution is -2.33. The molecule has 106 valence electrons. The van der Waals surface area contributed by atoms with E-state index < -0.39 is 0 Å². The molecule has 1 heterocycles. The number of carbonyl (C=O) groups excluding carboxylic acids is 1. The van der Waals surface area contributed by atoms with Gasteiger partial charge < -0.3 is 4.57 Å². The van der Waals surface area contributed by atoms with Crippen LogP contribution in [0.1, 0.15) is 0 Å². The first-order chi connectivity index (χ1) is 10.2. The van der Waals surface area contributed by atoms with Crippen LogP contribution in [0.3, 0.4) is 0 Å². The topological polar surface area (TPSA) is 72.9 Å². The molecule has 3 N–H and O–H groups in total. The number of benzene rings is 2. The van der Waals surface area contributed by atoms with Crippen LogP contribution in [-0.4, -0.2) is 15.5 Å². The number of imidazole rings is 1. The number of nitrogens with two attached hydrogens (primary N) is 1. The molecular weight excluding hydrogens is 271 g/mol. The quantitative estimate of drug-likeness (QED) is 0.438. The summed E-state index contributed by atoms with van der Waals surface area (Å²) in [5.41, 5.74) is 4.43. The van der Waals surface area contributed by atoms with Crippen molar-refractivity contribution in [1.29, 1.82) is 0 Å². The van der Waals surface area contributed by atoms with Crippen LogP contribution >= 0.6 is 0 Å². The molecule has 0 bridgehead atoms. The first kappa shape index (κ1) is 13.3. The third-order valence-corrected chi connectivity index (χ3v) is 3.22. The van der Waals surface area contributed by atoms with Crippen LogP contribution in [0.5, 0.6) is 0 Å². The molecule has 5 nitrogen and oxygen atoms in total. The van der Waals surface area contributed by atoms with E-state index >= 15 is 0 Å². The zero-order valence-corrected chi connectivity index (χ0v) is 11.1. The zero-order chi connectivity index (χ0) is 14.8. The fourth-order valence-electron chi connectivity index (χ4n) is 2.24. The minimum atomic E-state index is -0.332. The van der Waals surface area contributed by atoms with Crippen LogP contribution in [0.15, 0.2) is 48.5 Å². The van der Waals surface area contributed by atoms with E-state index in [1.165, 1.54) is 12.1 Å². The summed E-state index contributed by atoms with van der Waals surface area (Å²) in [6.07, 6.45) is 0. The Morgan fingerprint density at radius 2 is 1.90 bits per heavy atom. The number of hydrazine groups is 1. The first-order valence-electron chi connectivity index (χ1n) is 6.39. The maximum atomic E-state index is 13.1. The van der Waals surface area contributed by atoms with E-state index in [1.807, 2.05) is 24.3 Å². The first-order valence-corrected chi connectivity index (χ1v) is 6.39. The van der Waals surface area contributed by atoms with Crippen molar-refractivity contribution in [2.45, 2.75) is 6.54 Å². The van der Waals surface area contributed by atoms with Crippen LogP contribution < -0.4 is 11.3 Å². The number of amides is 1. The smallest absolute Gasteiger partial charge is 0.253 e. The monoisotopic (exact) mass is 284 g/mol. The van der Waals surface area contributed by atoms with Gasteiger partial charge in [-0.25, -0.2) is 15.2 Å². The Balaban J connectivity index is 2.18. The Bertz CT molecular complexity index is 795. The van der Waals surface area contributed by atoms with E-state index in [0.717, 1.165) is 16.6 Å². The lowest BCUT2D eigenvalue weighted by molar-refractivity contribution is -0.121. The van der Waals surface area contributed by atoms with E-state index in [2.05, 4.69) is 10.4 Å². The van der Waals surface area contributed by atoms with Crippen molar-refractivity contribution < 1.29 is 9.18 Å². The van der Waals surface area contributed by atoms with Crippen molar-refractivity contribution in [2.75, 3.05) is 0 Å². The van der Waals surface area contributed by atoms with Crippen molar-refractivity contribution in [3.8, 4) is 11.4 Å². The van der Waals surface area contributed by atoms with Crippen molar-refractivity contribution in [3.05, 3.63) is 54.3 Å². The molecule has 6 heteroatoms. The second kappa shape index (κ2) is 5.34. The van der Waals surface area contributed by atoms with Crippen LogP contribution in [-0.2, 0) is 11.3 Å². The van der Waals surface area contributed by atoms with Gasteiger partial charge in [-0.2, -0.15) is 0 Å². The summed E-state index contributed by atoms with van der Waals surface area (Å²) in [7, 11) is 0. The minimum absolute atomic E-state index is 0.0454. The van der Waals surface area contributed by atoms with Gasteiger partial charge in [0.1, 0.15) is 18.2 Å².